The minimum atomic E-state index is 0.499. The van der Waals surface area contributed by atoms with Crippen molar-refractivity contribution in [2.24, 2.45) is 0 Å². The molecule has 0 atom stereocenters. The van der Waals surface area contributed by atoms with E-state index < -0.39 is 0 Å². The van der Waals surface area contributed by atoms with Crippen molar-refractivity contribution in [1.29, 1.82) is 0 Å². The number of nitrogens with one attached hydrogen (secondary N) is 1. The molecule has 4 nitrogen and oxygen atoms in total. The summed E-state index contributed by atoms with van der Waals surface area (Å²) < 4.78 is 5.51. The van der Waals surface area contributed by atoms with Gasteiger partial charge in [-0.25, -0.2) is 0 Å². The van der Waals surface area contributed by atoms with Crippen molar-refractivity contribution in [3.63, 3.8) is 0 Å². The number of rotatable bonds is 4. The third kappa shape index (κ3) is 3.68. The summed E-state index contributed by atoms with van der Waals surface area (Å²) in [7, 11) is 0. The van der Waals surface area contributed by atoms with Crippen molar-refractivity contribution in [2.45, 2.75) is 32.9 Å². The van der Waals surface area contributed by atoms with E-state index >= 15 is 0 Å². The normalized spacial score (nSPS) is 16.9. The first-order chi connectivity index (χ1) is 8.77. The van der Waals surface area contributed by atoms with Gasteiger partial charge in [-0.1, -0.05) is 13.8 Å². The van der Waals surface area contributed by atoms with Crippen LogP contribution in [-0.2, 0) is 11.3 Å². The highest BCUT2D eigenvalue weighted by Crippen LogP contribution is 2.20. The Balaban J connectivity index is 2.09. The number of hydrogen-bond donors (Lipinski definition) is 1. The zero-order valence-electron chi connectivity index (χ0n) is 11.4. The van der Waals surface area contributed by atoms with Crippen LogP contribution in [0, 0.1) is 0 Å². The Hall–Kier alpha value is -1.13. The summed E-state index contributed by atoms with van der Waals surface area (Å²) in [6.45, 7) is 8.93. The number of ether oxygens (including phenoxy) is 1. The number of aromatic nitrogens is 1. The lowest BCUT2D eigenvalue weighted by molar-refractivity contribution is 0.152. The molecule has 2 rings (SSSR count). The number of nitrogens with zero attached hydrogens (tertiary/aromatic N) is 2. The molecule has 1 aliphatic heterocycles. The van der Waals surface area contributed by atoms with Gasteiger partial charge in [0.1, 0.15) is 0 Å². The maximum absolute atomic E-state index is 5.51. The molecule has 0 bridgehead atoms. The first kappa shape index (κ1) is 13.3. The van der Waals surface area contributed by atoms with Crippen LogP contribution < -0.4 is 10.2 Å². The fourth-order valence-corrected chi connectivity index (χ4v) is 2.15. The molecular formula is C14H23N3O. The van der Waals surface area contributed by atoms with Gasteiger partial charge in [-0.15, -0.1) is 0 Å². The van der Waals surface area contributed by atoms with Gasteiger partial charge in [-0.2, -0.15) is 0 Å². The molecule has 1 N–H and O–H groups in total. The lowest BCUT2D eigenvalue weighted by Crippen LogP contribution is -2.29. The molecule has 1 fully saturated rings. The van der Waals surface area contributed by atoms with E-state index in [1.807, 2.05) is 12.4 Å². The average molecular weight is 249 g/mol. The van der Waals surface area contributed by atoms with Crippen LogP contribution in [-0.4, -0.2) is 37.3 Å². The van der Waals surface area contributed by atoms with Gasteiger partial charge in [-0.05, 0) is 18.1 Å². The van der Waals surface area contributed by atoms with Gasteiger partial charge in [-0.3, -0.25) is 4.98 Å². The van der Waals surface area contributed by atoms with Crippen LogP contribution in [0.3, 0.4) is 0 Å². The maximum atomic E-state index is 5.51. The smallest absolute Gasteiger partial charge is 0.0641 e. The highest BCUT2D eigenvalue weighted by molar-refractivity contribution is 5.51. The van der Waals surface area contributed by atoms with Gasteiger partial charge in [0.25, 0.3) is 0 Å². The Kier molecular flexibility index (Phi) is 4.96. The number of hydrogen-bond acceptors (Lipinski definition) is 4. The predicted molar refractivity (Wildman–Crippen MR) is 73.9 cm³/mol. The zero-order valence-corrected chi connectivity index (χ0v) is 11.4. The van der Waals surface area contributed by atoms with Gasteiger partial charge < -0.3 is 15.0 Å². The van der Waals surface area contributed by atoms with Crippen molar-refractivity contribution < 1.29 is 4.74 Å². The topological polar surface area (TPSA) is 37.4 Å². The van der Waals surface area contributed by atoms with E-state index in [1.165, 1.54) is 11.3 Å². The Morgan fingerprint density at radius 1 is 1.39 bits per heavy atom. The fraction of sp³-hybridized carbons (Fsp3) is 0.643. The van der Waals surface area contributed by atoms with Crippen LogP contribution in [0.25, 0.3) is 0 Å². The SMILES string of the molecule is CC(C)NCc1ccncc1N1CCCOCC1. The molecule has 1 aliphatic rings. The van der Waals surface area contributed by atoms with Gasteiger partial charge in [0.2, 0.25) is 0 Å². The van der Waals surface area contributed by atoms with Crippen molar-refractivity contribution in [1.82, 2.24) is 10.3 Å². The Bertz CT molecular complexity index is 360. The molecule has 0 radical (unpaired) electrons. The van der Waals surface area contributed by atoms with Gasteiger partial charge in [0.05, 0.1) is 18.5 Å². The van der Waals surface area contributed by atoms with Crippen LogP contribution in [0.5, 0.6) is 0 Å². The van der Waals surface area contributed by atoms with Crippen LogP contribution in [0.15, 0.2) is 18.5 Å². The summed E-state index contributed by atoms with van der Waals surface area (Å²) in [6, 6.07) is 2.61. The van der Waals surface area contributed by atoms with E-state index in [0.29, 0.717) is 6.04 Å². The van der Waals surface area contributed by atoms with Gasteiger partial charge in [0.15, 0.2) is 0 Å². The molecule has 4 heteroatoms. The van der Waals surface area contributed by atoms with Crippen LogP contribution in [0.4, 0.5) is 5.69 Å². The Morgan fingerprint density at radius 3 is 3.11 bits per heavy atom. The van der Waals surface area contributed by atoms with E-state index in [4.69, 9.17) is 4.74 Å². The highest BCUT2D eigenvalue weighted by atomic mass is 16.5. The van der Waals surface area contributed by atoms with E-state index in [2.05, 4.69) is 35.1 Å². The highest BCUT2D eigenvalue weighted by Gasteiger charge is 2.13. The standard InChI is InChI=1S/C14H23N3O/c1-12(2)16-10-13-4-5-15-11-14(13)17-6-3-8-18-9-7-17/h4-5,11-12,16H,3,6-10H2,1-2H3. The molecule has 0 aromatic carbocycles. The number of anilines is 1. The molecule has 0 spiro atoms. The monoisotopic (exact) mass is 249 g/mol. The first-order valence-corrected chi connectivity index (χ1v) is 6.76. The van der Waals surface area contributed by atoms with E-state index in [0.717, 1.165) is 39.3 Å². The largest absolute Gasteiger partial charge is 0.380 e. The molecule has 1 aromatic heterocycles. The van der Waals surface area contributed by atoms with Crippen molar-refractivity contribution in [2.75, 3.05) is 31.2 Å². The molecular weight excluding hydrogens is 226 g/mol. The Labute approximate surface area is 109 Å². The summed E-state index contributed by atoms with van der Waals surface area (Å²) in [6.07, 6.45) is 4.93. The first-order valence-electron chi connectivity index (χ1n) is 6.76. The van der Waals surface area contributed by atoms with E-state index in [9.17, 15) is 0 Å². The summed E-state index contributed by atoms with van der Waals surface area (Å²) in [5.74, 6) is 0. The van der Waals surface area contributed by atoms with Gasteiger partial charge >= 0.3 is 0 Å². The molecule has 18 heavy (non-hydrogen) atoms. The number of pyridine rings is 1. The summed E-state index contributed by atoms with van der Waals surface area (Å²) in [5.41, 5.74) is 2.57. The molecule has 0 aliphatic carbocycles. The second-order valence-corrected chi connectivity index (χ2v) is 4.99. The van der Waals surface area contributed by atoms with Crippen LogP contribution >= 0.6 is 0 Å². The van der Waals surface area contributed by atoms with Crippen LogP contribution in [0.1, 0.15) is 25.8 Å². The van der Waals surface area contributed by atoms with Crippen LogP contribution in [0.2, 0.25) is 0 Å². The lowest BCUT2D eigenvalue weighted by Gasteiger charge is -2.24. The summed E-state index contributed by atoms with van der Waals surface area (Å²) in [4.78, 5) is 6.65. The average Bonchev–Trinajstić information content (AvgIpc) is 2.65. The van der Waals surface area contributed by atoms with E-state index in [-0.39, 0.29) is 0 Å². The van der Waals surface area contributed by atoms with Gasteiger partial charge in [0, 0.05) is 38.5 Å². The van der Waals surface area contributed by atoms with Crippen molar-refractivity contribution >= 4 is 5.69 Å². The lowest BCUT2D eigenvalue weighted by atomic mass is 10.2. The van der Waals surface area contributed by atoms with Crippen molar-refractivity contribution in [3.05, 3.63) is 24.0 Å². The maximum Gasteiger partial charge on any atom is 0.0641 e. The zero-order chi connectivity index (χ0) is 12.8. The molecule has 2 heterocycles. The molecule has 1 saturated heterocycles. The molecule has 0 saturated carbocycles. The van der Waals surface area contributed by atoms with Crippen molar-refractivity contribution in [3.8, 4) is 0 Å². The predicted octanol–water partition coefficient (Wildman–Crippen LogP) is 1.81. The second kappa shape index (κ2) is 6.71. The third-order valence-corrected chi connectivity index (χ3v) is 3.15. The second-order valence-electron chi connectivity index (χ2n) is 4.99. The summed E-state index contributed by atoms with van der Waals surface area (Å²) >= 11 is 0. The minimum absolute atomic E-state index is 0.499. The molecule has 100 valence electrons. The fourth-order valence-electron chi connectivity index (χ4n) is 2.15. The van der Waals surface area contributed by atoms with E-state index in [1.54, 1.807) is 0 Å². The summed E-state index contributed by atoms with van der Waals surface area (Å²) in [5, 5.41) is 3.47. The third-order valence-electron chi connectivity index (χ3n) is 3.15. The molecule has 1 aromatic rings. The molecule has 0 unspecified atom stereocenters. The quantitative estimate of drug-likeness (QED) is 0.883. The Morgan fingerprint density at radius 2 is 2.28 bits per heavy atom. The minimum Gasteiger partial charge on any atom is -0.380 e. The molecule has 0 amide bonds.